The number of anilines is 1. The number of cyclic esters (lactones) is 1. The zero-order valence-electron chi connectivity index (χ0n) is 19.6. The summed E-state index contributed by atoms with van der Waals surface area (Å²) in [6.07, 6.45) is 1.90. The largest absolute Gasteiger partial charge is 0.442 e. The average molecular weight is 481 g/mol. The molecule has 2 aromatic carbocycles. The number of hydrazone groups is 1. The highest BCUT2D eigenvalue weighted by Crippen LogP contribution is 2.43. The molecule has 2 aliphatic heterocycles. The lowest BCUT2D eigenvalue weighted by atomic mass is 9.85. The number of halogens is 1. The van der Waals surface area contributed by atoms with Crippen molar-refractivity contribution in [1.82, 2.24) is 10.3 Å². The fourth-order valence-corrected chi connectivity index (χ4v) is 5.35. The zero-order chi connectivity index (χ0) is 24.5. The number of aryl methyl sites for hydroxylation is 1. The normalized spacial score (nSPS) is 23.3. The van der Waals surface area contributed by atoms with Crippen LogP contribution in [0.2, 0.25) is 0 Å². The predicted molar refractivity (Wildman–Crippen MR) is 129 cm³/mol. The number of β-amino-alcohol motifs (C(OH)–C–C–N with tert-alkyl or cyclic N) is 1. The van der Waals surface area contributed by atoms with Crippen LogP contribution in [-0.4, -0.2) is 60.2 Å². The molecule has 0 saturated carbocycles. The van der Waals surface area contributed by atoms with Crippen molar-refractivity contribution in [1.29, 1.82) is 0 Å². The summed E-state index contributed by atoms with van der Waals surface area (Å²) in [5, 5.41) is 19.2. The van der Waals surface area contributed by atoms with Gasteiger partial charge in [0.2, 0.25) is 5.91 Å². The lowest BCUT2D eigenvalue weighted by Gasteiger charge is -2.28. The van der Waals surface area contributed by atoms with E-state index < -0.39 is 12.2 Å². The first-order chi connectivity index (χ1) is 16.9. The predicted octanol–water partition coefficient (Wildman–Crippen LogP) is 2.99. The van der Waals surface area contributed by atoms with Crippen molar-refractivity contribution < 1.29 is 23.8 Å². The Morgan fingerprint density at radius 3 is 2.80 bits per heavy atom. The number of aliphatic hydroxyl groups excluding tert-OH is 1. The SMILES string of the molecule is CC(=O)NC[C@H]1CN(c2ccc3c(c2)CCCC2C3=NN(CCO)C2c2ccc(F)cc2)C(=O)O1. The van der Waals surface area contributed by atoms with Gasteiger partial charge in [-0.25, -0.2) is 9.18 Å². The molecule has 8 nitrogen and oxygen atoms in total. The summed E-state index contributed by atoms with van der Waals surface area (Å²) in [5.74, 6) is -0.316. The molecule has 3 atom stereocenters. The van der Waals surface area contributed by atoms with Gasteiger partial charge in [-0.3, -0.25) is 14.7 Å². The van der Waals surface area contributed by atoms with Crippen LogP contribution >= 0.6 is 0 Å². The minimum Gasteiger partial charge on any atom is -0.442 e. The van der Waals surface area contributed by atoms with Crippen molar-refractivity contribution in [3.05, 3.63) is 65.0 Å². The molecular formula is C26H29FN4O4. The Bertz CT molecular complexity index is 1150. The molecule has 2 heterocycles. The summed E-state index contributed by atoms with van der Waals surface area (Å²) in [6, 6.07) is 12.4. The van der Waals surface area contributed by atoms with Gasteiger partial charge in [-0.1, -0.05) is 18.2 Å². The maximum Gasteiger partial charge on any atom is 0.414 e. The Kier molecular flexibility index (Phi) is 6.42. The zero-order valence-corrected chi connectivity index (χ0v) is 19.6. The van der Waals surface area contributed by atoms with E-state index in [-0.39, 0.29) is 36.8 Å². The van der Waals surface area contributed by atoms with Gasteiger partial charge < -0.3 is 15.2 Å². The van der Waals surface area contributed by atoms with Crippen molar-refractivity contribution >= 4 is 23.4 Å². The molecule has 5 rings (SSSR count). The Labute approximate surface area is 203 Å². The molecule has 2 N–H and O–H groups in total. The monoisotopic (exact) mass is 480 g/mol. The number of rotatable bonds is 6. The van der Waals surface area contributed by atoms with Crippen molar-refractivity contribution in [2.45, 2.75) is 38.3 Å². The minimum absolute atomic E-state index is 0.0241. The first kappa shape index (κ1) is 23.3. The van der Waals surface area contributed by atoms with E-state index in [4.69, 9.17) is 9.84 Å². The number of aliphatic hydroxyl groups is 1. The number of benzene rings is 2. The molecule has 2 aromatic rings. The van der Waals surface area contributed by atoms with Crippen LogP contribution in [0.25, 0.3) is 0 Å². The second-order valence-electron chi connectivity index (χ2n) is 9.26. The van der Waals surface area contributed by atoms with Crippen molar-refractivity contribution in [2.75, 3.05) is 31.1 Å². The fraction of sp³-hybridized carbons (Fsp3) is 0.423. The third-order valence-electron chi connectivity index (χ3n) is 6.92. The van der Waals surface area contributed by atoms with Gasteiger partial charge in [-0.15, -0.1) is 0 Å². The van der Waals surface area contributed by atoms with Crippen LogP contribution in [0.5, 0.6) is 0 Å². The summed E-state index contributed by atoms with van der Waals surface area (Å²) in [5.41, 5.74) is 4.88. The van der Waals surface area contributed by atoms with E-state index in [1.54, 1.807) is 17.0 Å². The molecule has 35 heavy (non-hydrogen) atoms. The van der Waals surface area contributed by atoms with E-state index in [1.807, 2.05) is 23.2 Å². The van der Waals surface area contributed by atoms with Crippen molar-refractivity contribution in [3.8, 4) is 0 Å². The number of fused-ring (bicyclic) bond motifs is 3. The highest BCUT2D eigenvalue weighted by Gasteiger charge is 2.40. The maximum absolute atomic E-state index is 13.6. The van der Waals surface area contributed by atoms with E-state index >= 15 is 0 Å². The summed E-state index contributed by atoms with van der Waals surface area (Å²) in [6.45, 7) is 2.46. The topological polar surface area (TPSA) is 94.5 Å². The summed E-state index contributed by atoms with van der Waals surface area (Å²) in [4.78, 5) is 25.3. The molecule has 0 spiro atoms. The van der Waals surface area contributed by atoms with Crippen LogP contribution in [0.15, 0.2) is 47.6 Å². The smallest absolute Gasteiger partial charge is 0.414 e. The first-order valence-electron chi connectivity index (χ1n) is 12.0. The number of amides is 2. The Morgan fingerprint density at radius 1 is 1.26 bits per heavy atom. The van der Waals surface area contributed by atoms with E-state index in [1.165, 1.54) is 19.1 Å². The maximum atomic E-state index is 13.6. The average Bonchev–Trinajstić information content (AvgIpc) is 3.33. The van der Waals surface area contributed by atoms with Gasteiger partial charge in [0, 0.05) is 24.1 Å². The molecule has 184 valence electrons. The third kappa shape index (κ3) is 4.60. The summed E-state index contributed by atoms with van der Waals surface area (Å²) < 4.78 is 19.0. The summed E-state index contributed by atoms with van der Waals surface area (Å²) >= 11 is 0. The molecule has 1 saturated heterocycles. The number of hydrogen-bond donors (Lipinski definition) is 2. The van der Waals surface area contributed by atoms with Crippen LogP contribution in [0.4, 0.5) is 14.9 Å². The van der Waals surface area contributed by atoms with Gasteiger partial charge in [0.25, 0.3) is 0 Å². The molecule has 9 heteroatoms. The lowest BCUT2D eigenvalue weighted by Crippen LogP contribution is -2.33. The Morgan fingerprint density at radius 2 is 2.06 bits per heavy atom. The number of nitrogens with one attached hydrogen (secondary N) is 1. The van der Waals surface area contributed by atoms with Crippen molar-refractivity contribution in [2.24, 2.45) is 11.0 Å². The van der Waals surface area contributed by atoms with E-state index in [0.29, 0.717) is 13.1 Å². The number of hydrogen-bond acceptors (Lipinski definition) is 6. The van der Waals surface area contributed by atoms with E-state index in [0.717, 1.165) is 47.4 Å². The molecule has 3 aliphatic rings. The number of ether oxygens (including phenoxy) is 1. The van der Waals surface area contributed by atoms with Gasteiger partial charge >= 0.3 is 6.09 Å². The quantitative estimate of drug-likeness (QED) is 0.663. The second kappa shape index (κ2) is 9.65. The lowest BCUT2D eigenvalue weighted by molar-refractivity contribution is -0.119. The van der Waals surface area contributed by atoms with Crippen molar-refractivity contribution in [3.63, 3.8) is 0 Å². The third-order valence-corrected chi connectivity index (χ3v) is 6.92. The minimum atomic E-state index is -0.421. The second-order valence-corrected chi connectivity index (χ2v) is 9.26. The first-order valence-corrected chi connectivity index (χ1v) is 12.0. The number of nitrogens with zero attached hydrogens (tertiary/aromatic N) is 3. The highest BCUT2D eigenvalue weighted by atomic mass is 19.1. The molecule has 1 fully saturated rings. The standard InChI is InChI=1S/C26H29FN4O4/c1-16(33)28-14-21-15-30(26(34)35-21)20-9-10-22-18(13-20)3-2-4-23-24(22)29-31(11-12-32)25(23)17-5-7-19(27)8-6-17/h5-10,13,21,23,25,32H,2-4,11-12,14-15H2,1H3,(H,28,33)/t21-,23?,25?/m0/s1. The van der Waals surface area contributed by atoms with Gasteiger partial charge in [0.15, 0.2) is 0 Å². The van der Waals surface area contributed by atoms with Gasteiger partial charge in [0.1, 0.15) is 11.9 Å². The van der Waals surface area contributed by atoms with Gasteiger partial charge in [-0.2, -0.15) is 5.10 Å². The highest BCUT2D eigenvalue weighted by molar-refractivity contribution is 6.05. The molecule has 2 amide bonds. The summed E-state index contributed by atoms with van der Waals surface area (Å²) in [7, 11) is 0. The van der Waals surface area contributed by atoms with Crippen LogP contribution < -0.4 is 10.2 Å². The molecular weight excluding hydrogens is 451 g/mol. The molecule has 0 bridgehead atoms. The van der Waals surface area contributed by atoms with Gasteiger partial charge in [-0.05, 0) is 54.7 Å². The number of carbonyl (C=O) groups is 2. The molecule has 0 radical (unpaired) electrons. The van der Waals surface area contributed by atoms with Crippen LogP contribution in [0.1, 0.15) is 42.5 Å². The Hall–Kier alpha value is -3.46. The molecule has 0 aromatic heterocycles. The fourth-order valence-electron chi connectivity index (χ4n) is 5.35. The van der Waals surface area contributed by atoms with E-state index in [2.05, 4.69) is 5.32 Å². The van der Waals surface area contributed by atoms with Crippen LogP contribution in [0, 0.1) is 11.7 Å². The molecule has 2 unspecified atom stereocenters. The molecule has 1 aliphatic carbocycles. The number of carbonyl (C=O) groups excluding carboxylic acids is 2. The van der Waals surface area contributed by atoms with Gasteiger partial charge in [0.05, 0.1) is 38.0 Å². The van der Waals surface area contributed by atoms with Crippen LogP contribution in [-0.2, 0) is 16.0 Å². The van der Waals surface area contributed by atoms with Crippen LogP contribution in [0.3, 0.4) is 0 Å². The van der Waals surface area contributed by atoms with E-state index in [9.17, 15) is 19.1 Å². The Balaban J connectivity index is 1.42.